The molecule has 1 N–H and O–H groups in total. The van der Waals surface area contributed by atoms with E-state index in [0.29, 0.717) is 31.9 Å². The summed E-state index contributed by atoms with van der Waals surface area (Å²) in [5, 5.41) is 2.88. The van der Waals surface area contributed by atoms with Gasteiger partial charge in [0, 0.05) is 13.0 Å². The van der Waals surface area contributed by atoms with Gasteiger partial charge in [0.2, 0.25) is 5.91 Å². The Kier molecular flexibility index (Phi) is 8.02. The van der Waals surface area contributed by atoms with Crippen LogP contribution in [0.4, 0.5) is 0 Å². The number of rotatable bonds is 9. The fraction of sp³-hybridized carbons (Fsp3) is 0.500. The zero-order valence-corrected chi connectivity index (χ0v) is 11.9. The van der Waals surface area contributed by atoms with E-state index in [-0.39, 0.29) is 11.9 Å². The lowest BCUT2D eigenvalue weighted by Gasteiger charge is -2.16. The summed E-state index contributed by atoms with van der Waals surface area (Å²) < 4.78 is 10.5. The molecule has 0 aliphatic heterocycles. The van der Waals surface area contributed by atoms with E-state index < -0.39 is 0 Å². The molecular weight excluding hydrogens is 266 g/mol. The van der Waals surface area contributed by atoms with E-state index in [4.69, 9.17) is 21.1 Å². The number of ether oxygens (including phenoxy) is 2. The average Bonchev–Trinajstić information content (AvgIpc) is 2.40. The van der Waals surface area contributed by atoms with E-state index in [2.05, 4.69) is 5.32 Å². The van der Waals surface area contributed by atoms with Crippen molar-refractivity contribution in [3.8, 4) is 5.75 Å². The van der Waals surface area contributed by atoms with Crippen molar-refractivity contribution in [2.75, 3.05) is 26.2 Å². The third-order valence-corrected chi connectivity index (χ3v) is 2.75. The molecular formula is C14H20ClNO3. The van der Waals surface area contributed by atoms with E-state index in [9.17, 15) is 4.79 Å². The predicted molar refractivity (Wildman–Crippen MR) is 75.7 cm³/mol. The Morgan fingerprint density at radius 1 is 1.37 bits per heavy atom. The van der Waals surface area contributed by atoms with Crippen LogP contribution >= 0.6 is 11.6 Å². The van der Waals surface area contributed by atoms with Crippen molar-refractivity contribution in [3.05, 3.63) is 30.3 Å². The maximum absolute atomic E-state index is 11.7. The highest BCUT2D eigenvalue weighted by atomic mass is 35.5. The molecule has 1 amide bonds. The Morgan fingerprint density at radius 2 is 2.11 bits per heavy atom. The van der Waals surface area contributed by atoms with Gasteiger partial charge in [-0.05, 0) is 18.6 Å². The average molecular weight is 286 g/mol. The van der Waals surface area contributed by atoms with Crippen molar-refractivity contribution in [1.29, 1.82) is 0 Å². The summed E-state index contributed by atoms with van der Waals surface area (Å²) >= 11 is 5.67. The minimum atomic E-state index is -0.0527. The first kappa shape index (κ1) is 15.8. The molecule has 1 aromatic carbocycles. The highest BCUT2D eigenvalue weighted by Gasteiger charge is 2.11. The summed E-state index contributed by atoms with van der Waals surface area (Å²) in [5.41, 5.74) is 0. The van der Waals surface area contributed by atoms with Gasteiger partial charge in [0.25, 0.3) is 0 Å². The van der Waals surface area contributed by atoms with E-state index in [1.165, 1.54) is 0 Å². The minimum absolute atomic E-state index is 0.0354. The van der Waals surface area contributed by atoms with Crippen molar-refractivity contribution in [1.82, 2.24) is 5.32 Å². The zero-order chi connectivity index (χ0) is 13.9. The van der Waals surface area contributed by atoms with Gasteiger partial charge in [-0.25, -0.2) is 0 Å². The summed E-state index contributed by atoms with van der Waals surface area (Å²) in [6.07, 6.45) is 1.01. The molecule has 0 aromatic heterocycles. The number of benzene rings is 1. The predicted octanol–water partition coefficient (Wildman–Crippen LogP) is 2.22. The van der Waals surface area contributed by atoms with Crippen LogP contribution in [0, 0.1) is 0 Å². The SMILES string of the molecule is COCC(CCCl)NC(=O)CCOc1ccccc1. The van der Waals surface area contributed by atoms with Crippen molar-refractivity contribution >= 4 is 17.5 Å². The third-order valence-electron chi connectivity index (χ3n) is 2.53. The first-order valence-corrected chi connectivity index (χ1v) is 6.82. The molecule has 0 aliphatic rings. The number of alkyl halides is 1. The second kappa shape index (κ2) is 9.64. The summed E-state index contributed by atoms with van der Waals surface area (Å²) in [4.78, 5) is 11.7. The maximum Gasteiger partial charge on any atom is 0.223 e. The number of carbonyl (C=O) groups excluding carboxylic acids is 1. The molecule has 0 radical (unpaired) electrons. The van der Waals surface area contributed by atoms with Gasteiger partial charge in [0.1, 0.15) is 5.75 Å². The van der Waals surface area contributed by atoms with Crippen LogP contribution in [-0.2, 0) is 9.53 Å². The Hall–Kier alpha value is -1.26. The minimum Gasteiger partial charge on any atom is -0.493 e. The van der Waals surface area contributed by atoms with Crippen LogP contribution in [-0.4, -0.2) is 38.2 Å². The summed E-state index contributed by atoms with van der Waals surface area (Å²) in [5.74, 6) is 1.21. The number of hydrogen-bond donors (Lipinski definition) is 1. The van der Waals surface area contributed by atoms with Gasteiger partial charge < -0.3 is 14.8 Å². The quantitative estimate of drug-likeness (QED) is 0.708. The number of para-hydroxylation sites is 1. The van der Waals surface area contributed by atoms with Gasteiger partial charge in [0.15, 0.2) is 0 Å². The molecule has 5 heteroatoms. The van der Waals surface area contributed by atoms with Gasteiger partial charge in [0.05, 0.1) is 25.7 Å². The van der Waals surface area contributed by atoms with Gasteiger partial charge in [-0.15, -0.1) is 11.6 Å². The normalized spacial score (nSPS) is 11.9. The molecule has 1 rings (SSSR count). The van der Waals surface area contributed by atoms with Crippen LogP contribution in [0.2, 0.25) is 0 Å². The molecule has 106 valence electrons. The number of methoxy groups -OCH3 is 1. The molecule has 1 unspecified atom stereocenters. The first-order valence-electron chi connectivity index (χ1n) is 6.28. The summed E-state index contributed by atoms with van der Waals surface area (Å²) in [6, 6.07) is 9.39. The second-order valence-electron chi connectivity index (χ2n) is 4.11. The fourth-order valence-corrected chi connectivity index (χ4v) is 1.87. The van der Waals surface area contributed by atoms with Gasteiger partial charge in [-0.3, -0.25) is 4.79 Å². The van der Waals surface area contributed by atoms with Crippen molar-refractivity contribution in [2.24, 2.45) is 0 Å². The molecule has 0 fully saturated rings. The van der Waals surface area contributed by atoms with Gasteiger partial charge in [-0.2, -0.15) is 0 Å². The molecule has 1 aromatic rings. The molecule has 0 saturated heterocycles. The molecule has 0 heterocycles. The Bertz CT molecular complexity index is 353. The van der Waals surface area contributed by atoms with Gasteiger partial charge in [-0.1, -0.05) is 18.2 Å². The number of halogens is 1. The van der Waals surface area contributed by atoms with Crippen molar-refractivity contribution < 1.29 is 14.3 Å². The molecule has 0 saturated carbocycles. The van der Waals surface area contributed by atoms with Gasteiger partial charge >= 0.3 is 0 Å². The third kappa shape index (κ3) is 7.03. The maximum atomic E-state index is 11.7. The lowest BCUT2D eigenvalue weighted by molar-refractivity contribution is -0.122. The Morgan fingerprint density at radius 3 is 2.74 bits per heavy atom. The summed E-state index contributed by atoms with van der Waals surface area (Å²) in [6.45, 7) is 0.828. The van der Waals surface area contributed by atoms with Crippen molar-refractivity contribution in [2.45, 2.75) is 18.9 Å². The van der Waals surface area contributed by atoms with Crippen LogP contribution in [0.3, 0.4) is 0 Å². The highest BCUT2D eigenvalue weighted by Crippen LogP contribution is 2.08. The van der Waals surface area contributed by atoms with Crippen LogP contribution in [0.5, 0.6) is 5.75 Å². The van der Waals surface area contributed by atoms with Crippen LogP contribution in [0.1, 0.15) is 12.8 Å². The fourth-order valence-electron chi connectivity index (χ4n) is 1.61. The zero-order valence-electron chi connectivity index (χ0n) is 11.1. The van der Waals surface area contributed by atoms with E-state index in [1.807, 2.05) is 30.3 Å². The first-order chi connectivity index (χ1) is 9.26. The summed E-state index contributed by atoms with van der Waals surface area (Å²) in [7, 11) is 1.60. The largest absolute Gasteiger partial charge is 0.493 e. The standard InChI is InChI=1S/C14H20ClNO3/c1-18-11-12(7-9-15)16-14(17)8-10-19-13-5-3-2-4-6-13/h2-6,12H,7-11H2,1H3,(H,16,17). The molecule has 19 heavy (non-hydrogen) atoms. The number of amides is 1. The lowest BCUT2D eigenvalue weighted by Crippen LogP contribution is -2.38. The Labute approximate surface area is 119 Å². The molecule has 0 aliphatic carbocycles. The van der Waals surface area contributed by atoms with Crippen molar-refractivity contribution in [3.63, 3.8) is 0 Å². The molecule has 0 spiro atoms. The lowest BCUT2D eigenvalue weighted by atomic mass is 10.2. The number of hydrogen-bond acceptors (Lipinski definition) is 3. The van der Waals surface area contributed by atoms with Crippen LogP contribution in [0.25, 0.3) is 0 Å². The highest BCUT2D eigenvalue weighted by molar-refractivity contribution is 6.17. The van der Waals surface area contributed by atoms with E-state index >= 15 is 0 Å². The smallest absolute Gasteiger partial charge is 0.223 e. The van der Waals surface area contributed by atoms with E-state index in [0.717, 1.165) is 5.75 Å². The monoisotopic (exact) mass is 285 g/mol. The number of carbonyl (C=O) groups is 1. The van der Waals surface area contributed by atoms with Crippen LogP contribution < -0.4 is 10.1 Å². The molecule has 4 nitrogen and oxygen atoms in total. The Balaban J connectivity index is 2.23. The molecule has 1 atom stereocenters. The van der Waals surface area contributed by atoms with Crippen LogP contribution in [0.15, 0.2) is 30.3 Å². The molecule has 0 bridgehead atoms. The number of nitrogens with one attached hydrogen (secondary N) is 1. The second-order valence-corrected chi connectivity index (χ2v) is 4.49. The topological polar surface area (TPSA) is 47.6 Å². The van der Waals surface area contributed by atoms with E-state index in [1.54, 1.807) is 7.11 Å².